The third-order valence-electron chi connectivity index (χ3n) is 2.85. The molecule has 0 radical (unpaired) electrons. The Bertz CT molecular complexity index is 341. The average Bonchev–Trinajstić information content (AvgIpc) is 2.48. The lowest BCUT2D eigenvalue weighted by Gasteiger charge is -2.08. The summed E-state index contributed by atoms with van der Waals surface area (Å²) in [6.07, 6.45) is 4.57. The molecule has 1 heterocycles. The van der Waals surface area contributed by atoms with Crippen LogP contribution in [0.25, 0.3) is 0 Å². The van der Waals surface area contributed by atoms with E-state index in [0.717, 1.165) is 24.1 Å². The van der Waals surface area contributed by atoms with Crippen LogP contribution in [-0.4, -0.2) is 15.6 Å². The predicted octanol–water partition coefficient (Wildman–Crippen LogP) is 2.74. The van der Waals surface area contributed by atoms with Gasteiger partial charge in [0.05, 0.1) is 11.8 Å². The monoisotopic (exact) mass is 208 g/mol. The van der Waals surface area contributed by atoms with Gasteiger partial charge in [0.15, 0.2) is 5.78 Å². The van der Waals surface area contributed by atoms with E-state index in [1.54, 1.807) is 10.9 Å². The van der Waals surface area contributed by atoms with Crippen LogP contribution >= 0.6 is 0 Å². The van der Waals surface area contributed by atoms with Crippen LogP contribution in [0.1, 0.15) is 49.2 Å². The fourth-order valence-electron chi connectivity index (χ4n) is 1.79. The molecule has 1 aromatic rings. The molecule has 1 unspecified atom stereocenters. The van der Waals surface area contributed by atoms with Crippen molar-refractivity contribution >= 4 is 5.78 Å². The maximum atomic E-state index is 11.9. The Kier molecular flexibility index (Phi) is 4.06. The molecule has 0 spiro atoms. The van der Waals surface area contributed by atoms with E-state index in [1.807, 2.05) is 14.0 Å². The van der Waals surface area contributed by atoms with Gasteiger partial charge in [-0.15, -0.1) is 0 Å². The zero-order valence-corrected chi connectivity index (χ0v) is 10.1. The molecule has 1 rings (SSSR count). The second kappa shape index (κ2) is 5.10. The normalized spacial score (nSPS) is 12.8. The fourth-order valence-corrected chi connectivity index (χ4v) is 1.79. The van der Waals surface area contributed by atoms with Gasteiger partial charge in [0.1, 0.15) is 0 Å². The molecular weight excluding hydrogens is 188 g/mol. The fraction of sp³-hybridized carbons (Fsp3) is 0.667. The molecule has 1 atom stereocenters. The second-order valence-corrected chi connectivity index (χ2v) is 4.29. The first-order valence-electron chi connectivity index (χ1n) is 5.58. The Morgan fingerprint density at radius 2 is 2.27 bits per heavy atom. The van der Waals surface area contributed by atoms with Crippen LogP contribution in [0.5, 0.6) is 0 Å². The molecule has 3 heteroatoms. The predicted molar refractivity (Wildman–Crippen MR) is 61.0 cm³/mol. The van der Waals surface area contributed by atoms with E-state index in [9.17, 15) is 4.79 Å². The summed E-state index contributed by atoms with van der Waals surface area (Å²) in [5.74, 6) is 0.698. The van der Waals surface area contributed by atoms with Crippen molar-refractivity contribution in [2.45, 2.75) is 40.0 Å². The Balaban J connectivity index is 2.65. The molecule has 0 aliphatic carbocycles. The summed E-state index contributed by atoms with van der Waals surface area (Å²) in [6.45, 7) is 6.22. The number of rotatable bonds is 5. The molecular formula is C12H20N2O. The van der Waals surface area contributed by atoms with Gasteiger partial charge >= 0.3 is 0 Å². The summed E-state index contributed by atoms with van der Waals surface area (Å²) in [6, 6.07) is 0. The van der Waals surface area contributed by atoms with Crippen molar-refractivity contribution < 1.29 is 4.79 Å². The zero-order valence-electron chi connectivity index (χ0n) is 10.1. The number of ketones is 1. The van der Waals surface area contributed by atoms with E-state index in [2.05, 4.69) is 18.9 Å². The lowest BCUT2D eigenvalue weighted by atomic mass is 9.96. The minimum atomic E-state index is 0.224. The first kappa shape index (κ1) is 12.0. The maximum absolute atomic E-state index is 11.9. The van der Waals surface area contributed by atoms with Gasteiger partial charge in [-0.25, -0.2) is 0 Å². The third-order valence-corrected chi connectivity index (χ3v) is 2.85. The maximum Gasteiger partial charge on any atom is 0.166 e. The minimum Gasteiger partial charge on any atom is -0.294 e. The molecule has 0 saturated heterocycles. The molecule has 0 fully saturated rings. The number of aromatic nitrogens is 2. The molecule has 0 aliphatic heterocycles. The van der Waals surface area contributed by atoms with Gasteiger partial charge in [-0.1, -0.05) is 26.7 Å². The zero-order chi connectivity index (χ0) is 11.4. The topological polar surface area (TPSA) is 34.9 Å². The Morgan fingerprint density at radius 3 is 2.73 bits per heavy atom. The first-order chi connectivity index (χ1) is 7.06. The standard InChI is InChI=1S/C12H20N2O/c1-5-6-9(2)7-12(15)11-8-13-14(4)10(11)3/h8-9H,5-7H2,1-4H3. The van der Waals surface area contributed by atoms with E-state index < -0.39 is 0 Å². The van der Waals surface area contributed by atoms with E-state index >= 15 is 0 Å². The van der Waals surface area contributed by atoms with Crippen LogP contribution in [0.4, 0.5) is 0 Å². The molecule has 0 aliphatic rings. The molecule has 1 aromatic heterocycles. The molecule has 15 heavy (non-hydrogen) atoms. The summed E-state index contributed by atoms with van der Waals surface area (Å²) < 4.78 is 1.75. The van der Waals surface area contributed by atoms with Gasteiger partial charge < -0.3 is 0 Å². The summed E-state index contributed by atoms with van der Waals surface area (Å²) in [7, 11) is 1.86. The van der Waals surface area contributed by atoms with Crippen molar-refractivity contribution in [1.29, 1.82) is 0 Å². The Morgan fingerprint density at radius 1 is 1.60 bits per heavy atom. The number of nitrogens with zero attached hydrogens (tertiary/aromatic N) is 2. The number of Topliss-reactive ketones (excluding diaryl/α,β-unsaturated/α-hetero) is 1. The van der Waals surface area contributed by atoms with Crippen LogP contribution in [-0.2, 0) is 7.05 Å². The summed E-state index contributed by atoms with van der Waals surface area (Å²) in [4.78, 5) is 11.9. The molecule has 3 nitrogen and oxygen atoms in total. The third kappa shape index (κ3) is 2.91. The number of hydrogen-bond donors (Lipinski definition) is 0. The van der Waals surface area contributed by atoms with Crippen molar-refractivity contribution in [3.63, 3.8) is 0 Å². The highest BCUT2D eigenvalue weighted by Crippen LogP contribution is 2.16. The van der Waals surface area contributed by atoms with Crippen molar-refractivity contribution in [3.8, 4) is 0 Å². The number of hydrogen-bond acceptors (Lipinski definition) is 2. The lowest BCUT2D eigenvalue weighted by molar-refractivity contribution is 0.0962. The molecule has 0 amide bonds. The SMILES string of the molecule is CCCC(C)CC(=O)c1cnn(C)c1C. The van der Waals surface area contributed by atoms with Gasteiger partial charge in [0.2, 0.25) is 0 Å². The Hall–Kier alpha value is -1.12. The average molecular weight is 208 g/mol. The van der Waals surface area contributed by atoms with Crippen LogP contribution in [0.2, 0.25) is 0 Å². The largest absolute Gasteiger partial charge is 0.294 e. The number of aryl methyl sites for hydroxylation is 1. The first-order valence-corrected chi connectivity index (χ1v) is 5.58. The van der Waals surface area contributed by atoms with Crippen molar-refractivity contribution in [2.75, 3.05) is 0 Å². The van der Waals surface area contributed by atoms with E-state index in [4.69, 9.17) is 0 Å². The minimum absolute atomic E-state index is 0.224. The Labute approximate surface area is 91.5 Å². The van der Waals surface area contributed by atoms with E-state index in [-0.39, 0.29) is 5.78 Å². The van der Waals surface area contributed by atoms with Crippen LogP contribution in [0.15, 0.2) is 6.20 Å². The van der Waals surface area contributed by atoms with Crippen molar-refractivity contribution in [3.05, 3.63) is 17.5 Å². The molecule has 0 N–H and O–H groups in total. The smallest absolute Gasteiger partial charge is 0.166 e. The molecule has 84 valence electrons. The summed E-state index contributed by atoms with van der Waals surface area (Å²) >= 11 is 0. The van der Waals surface area contributed by atoms with Gasteiger partial charge in [-0.05, 0) is 12.8 Å². The van der Waals surface area contributed by atoms with E-state index in [1.165, 1.54) is 0 Å². The van der Waals surface area contributed by atoms with Gasteiger partial charge in [-0.2, -0.15) is 5.10 Å². The summed E-state index contributed by atoms with van der Waals surface area (Å²) in [5.41, 5.74) is 1.74. The highest BCUT2D eigenvalue weighted by Gasteiger charge is 2.15. The van der Waals surface area contributed by atoms with Gasteiger partial charge in [-0.3, -0.25) is 9.48 Å². The quantitative estimate of drug-likeness (QED) is 0.697. The number of carbonyl (C=O) groups is 1. The number of carbonyl (C=O) groups excluding carboxylic acids is 1. The van der Waals surface area contributed by atoms with Gasteiger partial charge in [0.25, 0.3) is 0 Å². The lowest BCUT2D eigenvalue weighted by Crippen LogP contribution is -2.07. The van der Waals surface area contributed by atoms with Gasteiger partial charge in [0, 0.05) is 19.2 Å². The summed E-state index contributed by atoms with van der Waals surface area (Å²) in [5, 5.41) is 4.09. The second-order valence-electron chi connectivity index (χ2n) is 4.29. The molecule has 0 bridgehead atoms. The van der Waals surface area contributed by atoms with Crippen molar-refractivity contribution in [2.24, 2.45) is 13.0 Å². The van der Waals surface area contributed by atoms with Crippen molar-refractivity contribution in [1.82, 2.24) is 9.78 Å². The van der Waals surface area contributed by atoms with E-state index in [0.29, 0.717) is 12.3 Å². The molecule has 0 aromatic carbocycles. The van der Waals surface area contributed by atoms with Crippen LogP contribution in [0.3, 0.4) is 0 Å². The highest BCUT2D eigenvalue weighted by molar-refractivity contribution is 5.96. The molecule has 0 saturated carbocycles. The highest BCUT2D eigenvalue weighted by atomic mass is 16.1. The van der Waals surface area contributed by atoms with Crippen LogP contribution in [0, 0.1) is 12.8 Å². The van der Waals surface area contributed by atoms with Crippen LogP contribution < -0.4 is 0 Å².